The lowest BCUT2D eigenvalue weighted by Gasteiger charge is -2.20. The minimum absolute atomic E-state index is 0. The van der Waals surface area contributed by atoms with Crippen LogP contribution in [-0.4, -0.2) is 51.0 Å². The maximum Gasteiger partial charge on any atom is 0.407 e. The zero-order valence-electron chi connectivity index (χ0n) is 19.2. The second-order valence-corrected chi connectivity index (χ2v) is 8.25. The van der Waals surface area contributed by atoms with Crippen LogP contribution >= 0.6 is 24.0 Å². The van der Waals surface area contributed by atoms with E-state index >= 15 is 0 Å². The Hall–Kier alpha value is -1.91. The minimum Gasteiger partial charge on any atom is -0.493 e. The second kappa shape index (κ2) is 13.5. The van der Waals surface area contributed by atoms with Crippen LogP contribution in [0, 0.1) is 0 Å². The normalized spacial score (nSPS) is 14.4. The summed E-state index contributed by atoms with van der Waals surface area (Å²) >= 11 is 0. The minimum atomic E-state index is -0.510. The molecule has 1 aliphatic carbocycles. The summed E-state index contributed by atoms with van der Waals surface area (Å²) in [4.78, 5) is 15.9. The quantitative estimate of drug-likeness (QED) is 0.198. The van der Waals surface area contributed by atoms with Crippen molar-refractivity contribution in [1.29, 1.82) is 0 Å². The van der Waals surface area contributed by atoms with Crippen molar-refractivity contribution in [3.05, 3.63) is 23.8 Å². The van der Waals surface area contributed by atoms with Crippen LogP contribution in [0.15, 0.2) is 23.2 Å². The molecule has 0 radical (unpaired) electrons. The number of benzene rings is 1. The molecule has 0 unspecified atom stereocenters. The van der Waals surface area contributed by atoms with Crippen molar-refractivity contribution in [2.75, 3.05) is 27.2 Å². The smallest absolute Gasteiger partial charge is 0.407 e. The molecule has 2 rings (SSSR count). The summed E-state index contributed by atoms with van der Waals surface area (Å²) in [6, 6.07) is 5.90. The Kier molecular flexibility index (Phi) is 11.8. The number of rotatable bonds is 8. The molecule has 31 heavy (non-hydrogen) atoms. The first kappa shape index (κ1) is 27.1. The number of aliphatic imine (C=N–C) groups is 1. The van der Waals surface area contributed by atoms with Gasteiger partial charge in [-0.3, -0.25) is 4.99 Å². The van der Waals surface area contributed by atoms with Crippen molar-refractivity contribution in [2.24, 2.45) is 4.99 Å². The predicted molar refractivity (Wildman–Crippen MR) is 134 cm³/mol. The van der Waals surface area contributed by atoms with E-state index in [0.29, 0.717) is 25.6 Å². The molecule has 8 nitrogen and oxygen atoms in total. The monoisotopic (exact) mass is 548 g/mol. The fraction of sp³-hybridized carbons (Fsp3) is 0.636. The Bertz CT molecular complexity index is 716. The number of hydrogen-bond donors (Lipinski definition) is 3. The second-order valence-electron chi connectivity index (χ2n) is 8.25. The summed E-state index contributed by atoms with van der Waals surface area (Å²) in [6.45, 7) is 6.98. The number of halogens is 1. The van der Waals surface area contributed by atoms with E-state index < -0.39 is 11.7 Å². The van der Waals surface area contributed by atoms with Gasteiger partial charge in [0, 0.05) is 32.2 Å². The van der Waals surface area contributed by atoms with Crippen molar-refractivity contribution in [2.45, 2.75) is 64.7 Å². The average Bonchev–Trinajstić information content (AvgIpc) is 3.20. The molecule has 1 saturated carbocycles. The fourth-order valence-electron chi connectivity index (χ4n) is 3.23. The summed E-state index contributed by atoms with van der Waals surface area (Å²) in [5, 5.41) is 9.18. The molecule has 0 saturated heterocycles. The summed E-state index contributed by atoms with van der Waals surface area (Å²) in [7, 11) is 3.37. The van der Waals surface area contributed by atoms with Crippen LogP contribution in [0.1, 0.15) is 52.0 Å². The number of guanidine groups is 1. The maximum atomic E-state index is 11.7. The van der Waals surface area contributed by atoms with Crippen molar-refractivity contribution >= 4 is 36.0 Å². The molecule has 176 valence electrons. The molecule has 9 heteroatoms. The third kappa shape index (κ3) is 9.84. The number of nitrogens with one attached hydrogen (secondary N) is 3. The number of carbonyl (C=O) groups excluding carboxylic acids is 1. The maximum absolute atomic E-state index is 11.7. The Morgan fingerprint density at radius 1 is 1.13 bits per heavy atom. The number of alkyl carbamates (subject to hydrolysis) is 1. The Morgan fingerprint density at radius 3 is 2.42 bits per heavy atom. The van der Waals surface area contributed by atoms with Crippen LogP contribution in [0.3, 0.4) is 0 Å². The Labute approximate surface area is 202 Å². The van der Waals surface area contributed by atoms with E-state index in [1.165, 1.54) is 12.8 Å². The first-order valence-corrected chi connectivity index (χ1v) is 10.6. The van der Waals surface area contributed by atoms with Crippen LogP contribution in [-0.2, 0) is 11.3 Å². The van der Waals surface area contributed by atoms with E-state index in [2.05, 4.69) is 20.9 Å². The highest BCUT2D eigenvalue weighted by Gasteiger charge is 2.20. The van der Waals surface area contributed by atoms with Gasteiger partial charge in [0.1, 0.15) is 5.60 Å². The van der Waals surface area contributed by atoms with Crippen molar-refractivity contribution in [1.82, 2.24) is 16.0 Å². The molecule has 0 aromatic heterocycles. The van der Waals surface area contributed by atoms with Gasteiger partial charge in [0.05, 0.1) is 13.2 Å². The highest BCUT2D eigenvalue weighted by atomic mass is 127. The van der Waals surface area contributed by atoms with Gasteiger partial charge in [-0.1, -0.05) is 12.1 Å². The largest absolute Gasteiger partial charge is 0.493 e. The third-order valence-electron chi connectivity index (χ3n) is 4.62. The highest BCUT2D eigenvalue weighted by Crippen LogP contribution is 2.34. The molecule has 0 atom stereocenters. The van der Waals surface area contributed by atoms with Crippen LogP contribution in [0.4, 0.5) is 4.79 Å². The number of carbonyl (C=O) groups is 1. The fourth-order valence-corrected chi connectivity index (χ4v) is 3.23. The van der Waals surface area contributed by atoms with E-state index in [1.54, 1.807) is 14.2 Å². The standard InChI is InChI=1S/C22H36N4O4.HI/c1-22(2,3)30-21(27)25-14-13-24-20(23-4)26-15-16-9-8-12-18(28-5)19(16)29-17-10-6-7-11-17;/h8-9,12,17H,6-7,10-11,13-15H2,1-5H3,(H,25,27)(H2,23,24,26);1H. The summed E-state index contributed by atoms with van der Waals surface area (Å²) < 4.78 is 17.0. The van der Waals surface area contributed by atoms with E-state index in [9.17, 15) is 4.79 Å². The summed E-state index contributed by atoms with van der Waals surface area (Å²) in [5.74, 6) is 2.17. The van der Waals surface area contributed by atoms with Crippen LogP contribution in [0.5, 0.6) is 11.5 Å². The molecule has 1 amide bonds. The van der Waals surface area contributed by atoms with Gasteiger partial charge in [-0.05, 0) is 52.5 Å². The van der Waals surface area contributed by atoms with Crippen molar-refractivity contribution in [3.63, 3.8) is 0 Å². The van der Waals surface area contributed by atoms with E-state index in [4.69, 9.17) is 14.2 Å². The molecule has 0 bridgehead atoms. The predicted octanol–water partition coefficient (Wildman–Crippen LogP) is 3.82. The number of para-hydroxylation sites is 1. The Morgan fingerprint density at radius 2 is 1.81 bits per heavy atom. The lowest BCUT2D eigenvalue weighted by molar-refractivity contribution is 0.0529. The Balaban J connectivity index is 0.00000480. The number of amides is 1. The lowest BCUT2D eigenvalue weighted by atomic mass is 10.1. The van der Waals surface area contributed by atoms with Crippen LogP contribution in [0.25, 0.3) is 0 Å². The SMILES string of the molecule is CN=C(NCCNC(=O)OC(C)(C)C)NCc1cccc(OC)c1OC1CCCC1.I. The molecule has 1 aromatic carbocycles. The van der Waals surface area contributed by atoms with E-state index in [-0.39, 0.29) is 30.1 Å². The molecule has 0 aliphatic heterocycles. The first-order chi connectivity index (χ1) is 14.3. The molecule has 1 aromatic rings. The van der Waals surface area contributed by atoms with Gasteiger partial charge >= 0.3 is 6.09 Å². The van der Waals surface area contributed by atoms with Gasteiger partial charge < -0.3 is 30.2 Å². The summed E-state index contributed by atoms with van der Waals surface area (Å²) in [6.07, 6.45) is 4.40. The first-order valence-electron chi connectivity index (χ1n) is 10.6. The van der Waals surface area contributed by atoms with Gasteiger partial charge in [0.2, 0.25) is 0 Å². The molecule has 1 aliphatic rings. The zero-order valence-corrected chi connectivity index (χ0v) is 21.6. The molecule has 0 spiro atoms. The van der Waals surface area contributed by atoms with E-state index in [1.807, 2.05) is 39.0 Å². The third-order valence-corrected chi connectivity index (χ3v) is 4.62. The molecule has 0 heterocycles. The molecular weight excluding hydrogens is 511 g/mol. The number of hydrogen-bond acceptors (Lipinski definition) is 5. The van der Waals surface area contributed by atoms with Gasteiger partial charge in [-0.25, -0.2) is 4.79 Å². The van der Waals surface area contributed by atoms with Gasteiger partial charge in [-0.15, -0.1) is 24.0 Å². The molecular formula is C22H37IN4O4. The van der Waals surface area contributed by atoms with Gasteiger partial charge in [0.25, 0.3) is 0 Å². The molecule has 1 fully saturated rings. The van der Waals surface area contributed by atoms with Crippen molar-refractivity contribution in [3.8, 4) is 11.5 Å². The van der Waals surface area contributed by atoms with Gasteiger partial charge in [0.15, 0.2) is 17.5 Å². The van der Waals surface area contributed by atoms with Crippen molar-refractivity contribution < 1.29 is 19.0 Å². The highest BCUT2D eigenvalue weighted by molar-refractivity contribution is 14.0. The molecule has 3 N–H and O–H groups in total. The zero-order chi connectivity index (χ0) is 22.0. The topological polar surface area (TPSA) is 93.2 Å². The number of nitrogens with zero attached hydrogens (tertiary/aromatic N) is 1. The number of ether oxygens (including phenoxy) is 3. The summed E-state index contributed by atoms with van der Waals surface area (Å²) in [5.41, 5.74) is 0.500. The average molecular weight is 548 g/mol. The lowest BCUT2D eigenvalue weighted by Crippen LogP contribution is -2.42. The van der Waals surface area contributed by atoms with Gasteiger partial charge in [-0.2, -0.15) is 0 Å². The van der Waals surface area contributed by atoms with E-state index in [0.717, 1.165) is 29.9 Å². The van der Waals surface area contributed by atoms with Crippen LogP contribution in [0.2, 0.25) is 0 Å². The van der Waals surface area contributed by atoms with Crippen LogP contribution < -0.4 is 25.4 Å². The number of methoxy groups -OCH3 is 1.